The van der Waals surface area contributed by atoms with Crippen molar-refractivity contribution in [2.24, 2.45) is 15.2 Å². The summed E-state index contributed by atoms with van der Waals surface area (Å²) in [4.78, 5) is 4.32. The summed E-state index contributed by atoms with van der Waals surface area (Å²) >= 11 is 0. The van der Waals surface area contributed by atoms with E-state index < -0.39 is 0 Å². The Labute approximate surface area is 111 Å². The third kappa shape index (κ3) is 2.38. The van der Waals surface area contributed by atoms with Crippen LogP contribution in [0.3, 0.4) is 0 Å². The molecule has 1 aliphatic rings. The highest BCUT2D eigenvalue weighted by molar-refractivity contribution is 5.80. The second-order valence-corrected chi connectivity index (χ2v) is 4.20. The maximum atomic E-state index is 5.10. The molecule has 0 saturated heterocycles. The second-order valence-electron chi connectivity index (χ2n) is 4.20. The van der Waals surface area contributed by atoms with E-state index in [2.05, 4.69) is 15.2 Å². The molecule has 4 nitrogen and oxygen atoms in total. The smallest absolute Gasteiger partial charge is 0.133 e. The predicted molar refractivity (Wildman–Crippen MR) is 74.8 cm³/mol. The van der Waals surface area contributed by atoms with Crippen LogP contribution < -0.4 is 4.74 Å². The van der Waals surface area contributed by atoms with Gasteiger partial charge < -0.3 is 4.74 Å². The van der Waals surface area contributed by atoms with Crippen molar-refractivity contribution in [3.63, 3.8) is 0 Å². The molecule has 0 N–H and O–H groups in total. The summed E-state index contributed by atoms with van der Waals surface area (Å²) in [5.74, 6) is 0.812. The second kappa shape index (κ2) is 5.02. The van der Waals surface area contributed by atoms with Crippen molar-refractivity contribution in [3.8, 4) is 5.75 Å². The van der Waals surface area contributed by atoms with Crippen LogP contribution in [-0.4, -0.2) is 13.3 Å². The van der Waals surface area contributed by atoms with Gasteiger partial charge in [0.25, 0.3) is 0 Å². The Morgan fingerprint density at radius 2 is 1.84 bits per heavy atom. The summed E-state index contributed by atoms with van der Waals surface area (Å²) in [6.45, 7) is 0. The van der Waals surface area contributed by atoms with Crippen molar-refractivity contribution < 1.29 is 4.74 Å². The minimum Gasteiger partial charge on any atom is -0.497 e. The minimum atomic E-state index is -0.0849. The third-order valence-electron chi connectivity index (χ3n) is 2.98. The van der Waals surface area contributed by atoms with Gasteiger partial charge in [0.1, 0.15) is 11.8 Å². The van der Waals surface area contributed by atoms with E-state index in [0.717, 1.165) is 22.7 Å². The molecule has 1 aliphatic heterocycles. The van der Waals surface area contributed by atoms with Gasteiger partial charge in [0.2, 0.25) is 0 Å². The van der Waals surface area contributed by atoms with Crippen molar-refractivity contribution in [1.82, 2.24) is 0 Å². The molecule has 2 aromatic carbocycles. The Bertz CT molecular complexity index is 632. The number of azo groups is 1. The van der Waals surface area contributed by atoms with Gasteiger partial charge in [0, 0.05) is 11.8 Å². The van der Waals surface area contributed by atoms with Crippen LogP contribution in [0.2, 0.25) is 0 Å². The van der Waals surface area contributed by atoms with Crippen LogP contribution in [0.5, 0.6) is 5.75 Å². The summed E-state index contributed by atoms with van der Waals surface area (Å²) in [6, 6.07) is 15.4. The highest BCUT2D eigenvalue weighted by Gasteiger charge is 2.17. The number of fused-ring (bicyclic) bond motifs is 1. The van der Waals surface area contributed by atoms with Crippen molar-refractivity contribution >= 4 is 17.6 Å². The molecule has 0 bridgehead atoms. The first-order valence-corrected chi connectivity index (χ1v) is 6.05. The molecule has 0 saturated carbocycles. The highest BCUT2D eigenvalue weighted by atomic mass is 16.5. The van der Waals surface area contributed by atoms with Crippen LogP contribution in [-0.2, 0) is 0 Å². The summed E-state index contributed by atoms with van der Waals surface area (Å²) in [7, 11) is 1.64. The molecular weight excluding hydrogens is 238 g/mol. The molecule has 1 heterocycles. The molecule has 0 amide bonds. The molecule has 1 unspecified atom stereocenters. The Hall–Kier alpha value is -2.49. The van der Waals surface area contributed by atoms with Crippen LogP contribution in [0.1, 0.15) is 11.6 Å². The van der Waals surface area contributed by atoms with E-state index in [1.54, 1.807) is 7.11 Å². The van der Waals surface area contributed by atoms with Gasteiger partial charge in [0.15, 0.2) is 0 Å². The van der Waals surface area contributed by atoms with Crippen molar-refractivity contribution in [1.29, 1.82) is 0 Å². The summed E-state index contributed by atoms with van der Waals surface area (Å²) in [5.41, 5.74) is 2.87. The fourth-order valence-electron chi connectivity index (χ4n) is 1.96. The largest absolute Gasteiger partial charge is 0.497 e. The molecule has 0 fully saturated rings. The lowest BCUT2D eigenvalue weighted by Gasteiger charge is -2.02. The van der Waals surface area contributed by atoms with Crippen LogP contribution in [0.15, 0.2) is 63.8 Å². The average Bonchev–Trinajstić information content (AvgIpc) is 2.89. The lowest BCUT2D eigenvalue weighted by atomic mass is 10.1. The predicted octanol–water partition coefficient (Wildman–Crippen LogP) is 4.24. The Morgan fingerprint density at radius 1 is 1.05 bits per heavy atom. The molecule has 4 heteroatoms. The van der Waals surface area contributed by atoms with E-state index in [1.165, 1.54) is 0 Å². The zero-order valence-electron chi connectivity index (χ0n) is 10.5. The van der Waals surface area contributed by atoms with E-state index in [4.69, 9.17) is 4.74 Å². The Morgan fingerprint density at radius 3 is 2.63 bits per heavy atom. The topological polar surface area (TPSA) is 46.3 Å². The number of rotatable bonds is 3. The quantitative estimate of drug-likeness (QED) is 0.753. The van der Waals surface area contributed by atoms with Crippen molar-refractivity contribution in [2.75, 3.05) is 7.11 Å². The first-order valence-electron chi connectivity index (χ1n) is 6.05. The zero-order valence-corrected chi connectivity index (χ0v) is 10.5. The van der Waals surface area contributed by atoms with Crippen molar-refractivity contribution in [2.45, 2.75) is 6.04 Å². The van der Waals surface area contributed by atoms with Crippen LogP contribution in [0, 0.1) is 0 Å². The van der Waals surface area contributed by atoms with Gasteiger partial charge in [-0.1, -0.05) is 18.2 Å². The number of nitrogens with zero attached hydrogens (tertiary/aromatic N) is 3. The third-order valence-corrected chi connectivity index (χ3v) is 2.98. The van der Waals surface area contributed by atoms with Gasteiger partial charge in [-0.25, -0.2) is 0 Å². The molecule has 1 atom stereocenters. The zero-order chi connectivity index (χ0) is 13.1. The Kier molecular flexibility index (Phi) is 3.06. The van der Waals surface area contributed by atoms with Gasteiger partial charge in [0.05, 0.1) is 18.5 Å². The van der Waals surface area contributed by atoms with Crippen LogP contribution in [0.4, 0.5) is 11.4 Å². The molecule has 3 rings (SSSR count). The van der Waals surface area contributed by atoms with Crippen LogP contribution in [0.25, 0.3) is 0 Å². The number of hydrogen-bond donors (Lipinski definition) is 0. The minimum absolute atomic E-state index is 0.0849. The maximum absolute atomic E-state index is 5.10. The SMILES string of the molecule is COc1ccc(N=NC2C=Nc3ccccc32)cc1. The van der Waals surface area contributed by atoms with Gasteiger partial charge in [-0.05, 0) is 30.3 Å². The van der Waals surface area contributed by atoms with Crippen LogP contribution >= 0.6 is 0 Å². The molecule has 19 heavy (non-hydrogen) atoms. The van der Waals surface area contributed by atoms with Gasteiger partial charge in [-0.3, -0.25) is 4.99 Å². The van der Waals surface area contributed by atoms with E-state index >= 15 is 0 Å². The fourth-order valence-corrected chi connectivity index (χ4v) is 1.96. The van der Waals surface area contributed by atoms with Gasteiger partial charge in [-0.2, -0.15) is 10.2 Å². The molecule has 0 aliphatic carbocycles. The molecule has 0 radical (unpaired) electrons. The van der Waals surface area contributed by atoms with Crippen molar-refractivity contribution in [3.05, 3.63) is 54.1 Å². The number of aliphatic imine (C=N–C) groups is 1. The first kappa shape index (κ1) is 11.6. The highest BCUT2D eigenvalue weighted by Crippen LogP contribution is 2.33. The number of para-hydroxylation sites is 1. The molecule has 2 aromatic rings. The molecule has 0 aromatic heterocycles. The lowest BCUT2D eigenvalue weighted by Crippen LogP contribution is -1.89. The van der Waals surface area contributed by atoms with E-state index in [0.29, 0.717) is 0 Å². The summed E-state index contributed by atoms with van der Waals surface area (Å²) in [6.07, 6.45) is 1.82. The van der Waals surface area contributed by atoms with E-state index in [9.17, 15) is 0 Å². The molecule has 0 spiro atoms. The molecular formula is C15H13N3O. The van der Waals surface area contributed by atoms with Gasteiger partial charge >= 0.3 is 0 Å². The summed E-state index contributed by atoms with van der Waals surface area (Å²) in [5, 5.41) is 8.57. The number of benzene rings is 2. The van der Waals surface area contributed by atoms with E-state index in [1.807, 2.05) is 54.7 Å². The number of hydrogen-bond acceptors (Lipinski definition) is 4. The first-order chi connectivity index (χ1) is 9.36. The standard InChI is InChI=1S/C15H13N3O/c1-19-12-8-6-11(7-9-12)17-18-15-10-16-14-5-3-2-4-13(14)15/h2-10,15H,1H3. The average molecular weight is 251 g/mol. The monoisotopic (exact) mass is 251 g/mol. The number of methoxy groups -OCH3 is 1. The Balaban J connectivity index is 1.78. The normalized spacial score (nSPS) is 16.8. The fraction of sp³-hybridized carbons (Fsp3) is 0.133. The maximum Gasteiger partial charge on any atom is 0.133 e. The number of ether oxygens (including phenoxy) is 1. The van der Waals surface area contributed by atoms with Gasteiger partial charge in [-0.15, -0.1) is 0 Å². The lowest BCUT2D eigenvalue weighted by molar-refractivity contribution is 0.415. The summed E-state index contributed by atoms with van der Waals surface area (Å²) < 4.78 is 5.10. The van der Waals surface area contributed by atoms with E-state index in [-0.39, 0.29) is 6.04 Å². The molecule has 94 valence electrons.